The summed E-state index contributed by atoms with van der Waals surface area (Å²) in [5.41, 5.74) is 1.74. The van der Waals surface area contributed by atoms with Gasteiger partial charge in [-0.05, 0) is 31.1 Å². The summed E-state index contributed by atoms with van der Waals surface area (Å²) >= 11 is 0. The van der Waals surface area contributed by atoms with Crippen molar-refractivity contribution < 1.29 is 0 Å². The third kappa shape index (κ3) is 3.06. The summed E-state index contributed by atoms with van der Waals surface area (Å²) in [6.07, 6.45) is 8.92. The third-order valence-electron chi connectivity index (χ3n) is 3.48. The van der Waals surface area contributed by atoms with E-state index in [4.69, 9.17) is 0 Å². The molecule has 1 saturated carbocycles. The smallest absolute Gasteiger partial charge is 0.0922 e. The highest BCUT2D eigenvalue weighted by molar-refractivity contribution is 4.94. The molecule has 0 aromatic carbocycles. The van der Waals surface area contributed by atoms with Crippen LogP contribution in [0.2, 0.25) is 0 Å². The standard InChI is InChI=1S/C12H21N3/c1-12(2)5-3-10(4-6-12)14-8-11-7-13-9-15-11/h7,9-10,14H,3-6,8H2,1-2H3,(H,13,15). The highest BCUT2D eigenvalue weighted by Crippen LogP contribution is 2.34. The van der Waals surface area contributed by atoms with Gasteiger partial charge in [0.05, 0.1) is 6.33 Å². The second-order valence-corrected chi connectivity index (χ2v) is 5.40. The predicted octanol–water partition coefficient (Wildman–Crippen LogP) is 2.47. The molecule has 0 unspecified atom stereocenters. The molecule has 15 heavy (non-hydrogen) atoms. The molecule has 1 aliphatic rings. The minimum absolute atomic E-state index is 0.562. The minimum atomic E-state index is 0.562. The fourth-order valence-electron chi connectivity index (χ4n) is 2.24. The Hall–Kier alpha value is -0.830. The Morgan fingerprint density at radius 1 is 1.47 bits per heavy atom. The maximum atomic E-state index is 4.01. The topological polar surface area (TPSA) is 40.7 Å². The number of nitrogens with one attached hydrogen (secondary N) is 2. The van der Waals surface area contributed by atoms with Crippen LogP contribution in [0.15, 0.2) is 12.5 Å². The summed E-state index contributed by atoms with van der Waals surface area (Å²) in [6, 6.07) is 0.696. The average molecular weight is 207 g/mol. The van der Waals surface area contributed by atoms with Gasteiger partial charge in [-0.1, -0.05) is 13.8 Å². The average Bonchev–Trinajstić information content (AvgIpc) is 2.69. The monoisotopic (exact) mass is 207 g/mol. The Bertz CT molecular complexity index is 280. The van der Waals surface area contributed by atoms with Crippen molar-refractivity contribution in [2.45, 2.75) is 52.1 Å². The summed E-state index contributed by atoms with van der Waals surface area (Å²) in [5.74, 6) is 0. The van der Waals surface area contributed by atoms with Crippen molar-refractivity contribution in [2.75, 3.05) is 0 Å². The van der Waals surface area contributed by atoms with Crippen LogP contribution >= 0.6 is 0 Å². The number of H-pyrrole nitrogens is 1. The van der Waals surface area contributed by atoms with Gasteiger partial charge in [-0.25, -0.2) is 4.98 Å². The number of aromatic amines is 1. The Morgan fingerprint density at radius 3 is 2.80 bits per heavy atom. The van der Waals surface area contributed by atoms with Crippen LogP contribution in [0.4, 0.5) is 0 Å². The summed E-state index contributed by atoms with van der Waals surface area (Å²) < 4.78 is 0. The zero-order valence-electron chi connectivity index (χ0n) is 9.71. The van der Waals surface area contributed by atoms with E-state index in [1.807, 2.05) is 6.20 Å². The Kier molecular flexibility index (Phi) is 3.10. The predicted molar refractivity (Wildman–Crippen MR) is 61.5 cm³/mol. The molecule has 0 bridgehead atoms. The number of hydrogen-bond donors (Lipinski definition) is 2. The van der Waals surface area contributed by atoms with E-state index in [-0.39, 0.29) is 0 Å². The second kappa shape index (κ2) is 4.35. The highest BCUT2D eigenvalue weighted by Gasteiger charge is 2.26. The zero-order valence-corrected chi connectivity index (χ0v) is 9.71. The van der Waals surface area contributed by atoms with Gasteiger partial charge in [-0.15, -0.1) is 0 Å². The van der Waals surface area contributed by atoms with E-state index in [9.17, 15) is 0 Å². The first-order chi connectivity index (χ1) is 7.16. The van der Waals surface area contributed by atoms with Gasteiger partial charge in [0.1, 0.15) is 0 Å². The van der Waals surface area contributed by atoms with Gasteiger partial charge in [0.15, 0.2) is 0 Å². The number of rotatable bonds is 3. The van der Waals surface area contributed by atoms with Crippen molar-refractivity contribution in [3.63, 3.8) is 0 Å². The molecule has 0 saturated heterocycles. The molecular formula is C12H21N3. The molecule has 84 valence electrons. The van der Waals surface area contributed by atoms with Gasteiger partial charge in [0.25, 0.3) is 0 Å². The van der Waals surface area contributed by atoms with Crippen molar-refractivity contribution in [1.29, 1.82) is 0 Å². The van der Waals surface area contributed by atoms with Crippen molar-refractivity contribution in [1.82, 2.24) is 15.3 Å². The van der Waals surface area contributed by atoms with Gasteiger partial charge >= 0.3 is 0 Å². The second-order valence-electron chi connectivity index (χ2n) is 5.40. The van der Waals surface area contributed by atoms with Gasteiger partial charge in [-0.3, -0.25) is 0 Å². The maximum absolute atomic E-state index is 4.01. The molecule has 2 rings (SSSR count). The number of imidazole rings is 1. The highest BCUT2D eigenvalue weighted by atomic mass is 15.0. The van der Waals surface area contributed by atoms with E-state index in [1.165, 1.54) is 31.4 Å². The van der Waals surface area contributed by atoms with Crippen LogP contribution in [-0.2, 0) is 6.54 Å². The Balaban J connectivity index is 1.73. The molecule has 0 aliphatic heterocycles. The van der Waals surface area contributed by atoms with Gasteiger partial charge in [0, 0.05) is 24.5 Å². The van der Waals surface area contributed by atoms with Crippen LogP contribution in [0.1, 0.15) is 45.2 Å². The first-order valence-electron chi connectivity index (χ1n) is 5.86. The van der Waals surface area contributed by atoms with Crippen LogP contribution in [-0.4, -0.2) is 16.0 Å². The summed E-state index contributed by atoms with van der Waals surface area (Å²) in [4.78, 5) is 7.13. The van der Waals surface area contributed by atoms with E-state index in [1.54, 1.807) is 6.33 Å². The molecule has 1 fully saturated rings. The van der Waals surface area contributed by atoms with Gasteiger partial charge in [-0.2, -0.15) is 0 Å². The largest absolute Gasteiger partial charge is 0.347 e. The summed E-state index contributed by atoms with van der Waals surface area (Å²) in [7, 11) is 0. The van der Waals surface area contributed by atoms with Crippen molar-refractivity contribution >= 4 is 0 Å². The molecule has 0 radical (unpaired) electrons. The Morgan fingerprint density at radius 2 is 2.20 bits per heavy atom. The first-order valence-corrected chi connectivity index (χ1v) is 5.86. The molecule has 0 atom stereocenters. The van der Waals surface area contributed by atoms with E-state index in [0.29, 0.717) is 11.5 Å². The normalized spacial score (nSPS) is 21.7. The Labute approximate surface area is 91.7 Å². The molecule has 0 spiro atoms. The molecule has 3 nitrogen and oxygen atoms in total. The maximum Gasteiger partial charge on any atom is 0.0922 e. The SMILES string of the molecule is CC1(C)CCC(NCc2cnc[nH]2)CC1. The molecule has 3 heteroatoms. The van der Waals surface area contributed by atoms with E-state index in [2.05, 4.69) is 29.1 Å². The minimum Gasteiger partial charge on any atom is -0.347 e. The lowest BCUT2D eigenvalue weighted by Crippen LogP contribution is -2.35. The number of nitrogens with zero attached hydrogens (tertiary/aromatic N) is 1. The number of aromatic nitrogens is 2. The quantitative estimate of drug-likeness (QED) is 0.799. The molecule has 0 amide bonds. The van der Waals surface area contributed by atoms with E-state index < -0.39 is 0 Å². The van der Waals surface area contributed by atoms with Crippen LogP contribution in [0.25, 0.3) is 0 Å². The van der Waals surface area contributed by atoms with E-state index in [0.717, 1.165) is 6.54 Å². The molecule has 1 aromatic rings. The lowest BCUT2D eigenvalue weighted by atomic mass is 9.75. The summed E-state index contributed by atoms with van der Waals surface area (Å²) in [5, 5.41) is 3.59. The summed E-state index contributed by atoms with van der Waals surface area (Å²) in [6.45, 7) is 5.67. The van der Waals surface area contributed by atoms with Crippen molar-refractivity contribution in [3.05, 3.63) is 18.2 Å². The fraction of sp³-hybridized carbons (Fsp3) is 0.750. The van der Waals surface area contributed by atoms with E-state index >= 15 is 0 Å². The fourth-order valence-corrected chi connectivity index (χ4v) is 2.24. The van der Waals surface area contributed by atoms with Crippen LogP contribution < -0.4 is 5.32 Å². The first kappa shape index (κ1) is 10.7. The van der Waals surface area contributed by atoms with Gasteiger partial charge in [0.2, 0.25) is 0 Å². The molecule has 2 N–H and O–H groups in total. The molecular weight excluding hydrogens is 186 g/mol. The van der Waals surface area contributed by atoms with Crippen LogP contribution in [0.3, 0.4) is 0 Å². The third-order valence-corrected chi connectivity index (χ3v) is 3.48. The van der Waals surface area contributed by atoms with Crippen LogP contribution in [0.5, 0.6) is 0 Å². The van der Waals surface area contributed by atoms with Crippen molar-refractivity contribution in [3.8, 4) is 0 Å². The number of hydrogen-bond acceptors (Lipinski definition) is 2. The van der Waals surface area contributed by atoms with Crippen LogP contribution in [0, 0.1) is 5.41 Å². The molecule has 1 heterocycles. The zero-order chi connectivity index (χ0) is 10.7. The molecule has 1 aromatic heterocycles. The van der Waals surface area contributed by atoms with Crippen molar-refractivity contribution in [2.24, 2.45) is 5.41 Å². The molecule has 1 aliphatic carbocycles. The lowest BCUT2D eigenvalue weighted by Gasteiger charge is -2.34. The van der Waals surface area contributed by atoms with Gasteiger partial charge < -0.3 is 10.3 Å². The lowest BCUT2D eigenvalue weighted by molar-refractivity contribution is 0.206.